The van der Waals surface area contributed by atoms with E-state index in [1.54, 1.807) is 9.80 Å². The third kappa shape index (κ3) is 3.47. The molecule has 0 bridgehead atoms. The van der Waals surface area contributed by atoms with Crippen LogP contribution in [0.4, 0.5) is 11.4 Å². The number of anilines is 2. The number of nitrogens with zero attached hydrogens (tertiary/aromatic N) is 3. The number of nitrogens with one attached hydrogen (secondary N) is 2. The number of hydrogen-bond acceptors (Lipinski definition) is 7. The van der Waals surface area contributed by atoms with Gasteiger partial charge in [-0.2, -0.15) is 0 Å². The molecule has 28 heavy (non-hydrogen) atoms. The van der Waals surface area contributed by atoms with E-state index in [-0.39, 0.29) is 11.8 Å². The minimum Gasteiger partial charge on any atom is -0.356 e. The Morgan fingerprint density at radius 1 is 1.25 bits per heavy atom. The van der Waals surface area contributed by atoms with Crippen LogP contribution in [-0.4, -0.2) is 73.5 Å². The Hall–Kier alpha value is -2.16. The van der Waals surface area contributed by atoms with Gasteiger partial charge < -0.3 is 20.2 Å². The number of hydrogen-bond donors (Lipinski definition) is 3. The zero-order valence-electron chi connectivity index (χ0n) is 16.5. The predicted molar refractivity (Wildman–Crippen MR) is 107 cm³/mol. The van der Waals surface area contributed by atoms with Gasteiger partial charge in [-0.15, -0.1) is 0 Å². The fourth-order valence-corrected chi connectivity index (χ4v) is 4.43. The Labute approximate surface area is 165 Å². The van der Waals surface area contributed by atoms with E-state index >= 15 is 0 Å². The molecule has 2 unspecified atom stereocenters. The van der Waals surface area contributed by atoms with Gasteiger partial charge in [0, 0.05) is 45.7 Å². The maximum absolute atomic E-state index is 12.3. The van der Waals surface area contributed by atoms with Crippen LogP contribution in [0.15, 0.2) is 18.2 Å². The van der Waals surface area contributed by atoms with Crippen LogP contribution < -0.4 is 20.4 Å². The number of aliphatic hydroxyl groups is 1. The Morgan fingerprint density at radius 3 is 2.82 bits per heavy atom. The second-order valence-corrected chi connectivity index (χ2v) is 7.99. The molecule has 2 amide bonds. The minimum absolute atomic E-state index is 0.249. The highest BCUT2D eigenvalue weighted by Crippen LogP contribution is 2.41. The monoisotopic (exact) mass is 387 g/mol. The number of aliphatic hydroxyl groups excluding tert-OH is 1. The average molecular weight is 387 g/mol. The van der Waals surface area contributed by atoms with Gasteiger partial charge in [0.05, 0.1) is 11.4 Å². The zero-order chi connectivity index (χ0) is 19.8. The molecule has 152 valence electrons. The van der Waals surface area contributed by atoms with Gasteiger partial charge in [-0.3, -0.25) is 19.8 Å². The van der Waals surface area contributed by atoms with Gasteiger partial charge in [-0.25, -0.2) is 0 Å². The maximum atomic E-state index is 12.3. The molecule has 8 heteroatoms. The van der Waals surface area contributed by atoms with Crippen LogP contribution in [0.25, 0.3) is 0 Å². The van der Waals surface area contributed by atoms with Crippen molar-refractivity contribution in [3.05, 3.63) is 23.8 Å². The normalized spacial score (nSPS) is 28.5. The quantitative estimate of drug-likeness (QED) is 0.620. The predicted octanol–water partition coefficient (Wildman–Crippen LogP) is -0.140. The molecule has 1 aromatic rings. The molecule has 0 radical (unpaired) electrons. The lowest BCUT2D eigenvalue weighted by atomic mass is 10.0. The van der Waals surface area contributed by atoms with Crippen molar-refractivity contribution < 1.29 is 14.7 Å². The number of piperazine rings is 1. The Morgan fingerprint density at radius 2 is 2.07 bits per heavy atom. The zero-order valence-corrected chi connectivity index (χ0v) is 16.5. The number of piperidine rings is 1. The van der Waals surface area contributed by atoms with Gasteiger partial charge in [0.15, 0.2) is 0 Å². The second kappa shape index (κ2) is 7.69. The Balaban J connectivity index is 1.50. The van der Waals surface area contributed by atoms with E-state index in [4.69, 9.17) is 0 Å². The maximum Gasteiger partial charge on any atom is 0.249 e. The lowest BCUT2D eigenvalue weighted by molar-refractivity contribution is -0.134. The van der Waals surface area contributed by atoms with Crippen molar-refractivity contribution in [1.29, 1.82) is 0 Å². The van der Waals surface area contributed by atoms with Crippen LogP contribution in [0.1, 0.15) is 25.3 Å². The van der Waals surface area contributed by atoms with Crippen molar-refractivity contribution in [2.24, 2.45) is 0 Å². The van der Waals surface area contributed by atoms with E-state index in [2.05, 4.69) is 34.6 Å². The first-order valence-electron chi connectivity index (χ1n) is 10.1. The Kier molecular flexibility index (Phi) is 5.27. The van der Waals surface area contributed by atoms with Crippen LogP contribution in [0.5, 0.6) is 0 Å². The SMILES string of the molecule is C[C@@H]1CNCCN1CCc1ccc2c(c1)N(C)C(O)N2C1CCC(=O)NC1=O. The minimum atomic E-state index is -0.914. The highest BCUT2D eigenvalue weighted by atomic mass is 16.3. The molecule has 4 rings (SSSR count). The van der Waals surface area contributed by atoms with Crippen molar-refractivity contribution in [2.45, 2.75) is 44.6 Å². The van der Waals surface area contributed by atoms with Crippen molar-refractivity contribution in [3.63, 3.8) is 0 Å². The third-order valence-corrected chi connectivity index (χ3v) is 6.17. The van der Waals surface area contributed by atoms with Crippen LogP contribution in [0, 0.1) is 0 Å². The third-order valence-electron chi connectivity index (χ3n) is 6.17. The van der Waals surface area contributed by atoms with E-state index in [1.165, 1.54) is 5.56 Å². The molecule has 3 aliphatic rings. The molecular formula is C20H29N5O3. The number of rotatable bonds is 4. The topological polar surface area (TPSA) is 88.2 Å². The van der Waals surface area contributed by atoms with E-state index in [9.17, 15) is 14.7 Å². The summed E-state index contributed by atoms with van der Waals surface area (Å²) in [5.74, 6) is -0.589. The van der Waals surface area contributed by atoms with E-state index < -0.39 is 12.4 Å². The van der Waals surface area contributed by atoms with Crippen LogP contribution in [0.2, 0.25) is 0 Å². The molecule has 3 heterocycles. The van der Waals surface area contributed by atoms with Crippen LogP contribution in [-0.2, 0) is 16.0 Å². The molecule has 2 fully saturated rings. The van der Waals surface area contributed by atoms with E-state index in [0.29, 0.717) is 18.9 Å². The summed E-state index contributed by atoms with van der Waals surface area (Å²) in [4.78, 5) is 29.8. The first kappa shape index (κ1) is 19.2. The molecule has 1 aromatic carbocycles. The van der Waals surface area contributed by atoms with Crippen LogP contribution >= 0.6 is 0 Å². The number of fused-ring (bicyclic) bond motifs is 1. The van der Waals surface area contributed by atoms with Crippen molar-refractivity contribution >= 4 is 23.2 Å². The van der Waals surface area contributed by atoms with Gasteiger partial charge in [0.1, 0.15) is 6.04 Å². The molecular weight excluding hydrogens is 358 g/mol. The van der Waals surface area contributed by atoms with E-state index in [1.807, 2.05) is 13.1 Å². The smallest absolute Gasteiger partial charge is 0.249 e. The summed E-state index contributed by atoms with van der Waals surface area (Å²) >= 11 is 0. The molecule has 0 aromatic heterocycles. The summed E-state index contributed by atoms with van der Waals surface area (Å²) in [6.07, 6.45) is 0.736. The first-order chi connectivity index (χ1) is 13.5. The van der Waals surface area contributed by atoms with Crippen molar-refractivity contribution in [2.75, 3.05) is 43.0 Å². The highest BCUT2D eigenvalue weighted by molar-refractivity contribution is 6.02. The molecule has 2 saturated heterocycles. The molecule has 0 aliphatic carbocycles. The number of carbonyl (C=O) groups is 2. The molecule has 8 nitrogen and oxygen atoms in total. The van der Waals surface area contributed by atoms with Crippen LogP contribution in [0.3, 0.4) is 0 Å². The number of amides is 2. The lowest BCUT2D eigenvalue weighted by Gasteiger charge is -2.34. The summed E-state index contributed by atoms with van der Waals surface area (Å²) in [6.45, 7) is 6.38. The average Bonchev–Trinajstić information content (AvgIpc) is 2.92. The van der Waals surface area contributed by atoms with Gasteiger partial charge in [0.2, 0.25) is 18.2 Å². The summed E-state index contributed by atoms with van der Waals surface area (Å²) in [5, 5.41) is 16.5. The molecule has 0 saturated carbocycles. The number of benzene rings is 1. The van der Waals surface area contributed by atoms with Gasteiger partial charge in [-0.1, -0.05) is 6.07 Å². The number of imide groups is 1. The van der Waals surface area contributed by atoms with Crippen molar-refractivity contribution in [1.82, 2.24) is 15.5 Å². The summed E-state index contributed by atoms with van der Waals surface area (Å²) in [6, 6.07) is 6.18. The molecule has 3 N–H and O–H groups in total. The highest BCUT2D eigenvalue weighted by Gasteiger charge is 2.42. The second-order valence-electron chi connectivity index (χ2n) is 7.99. The van der Waals surface area contributed by atoms with Crippen molar-refractivity contribution in [3.8, 4) is 0 Å². The summed E-state index contributed by atoms with van der Waals surface area (Å²) in [7, 11) is 1.83. The fourth-order valence-electron chi connectivity index (χ4n) is 4.43. The molecule has 3 atom stereocenters. The standard InChI is InChI=1S/C20H29N5O3/c1-13-12-21-8-10-24(13)9-7-14-3-4-15-17(11-14)23(2)20(28)25(15)16-5-6-18(26)22-19(16)27/h3-4,11,13,16,20-21,28H,5-10,12H2,1-2H3,(H,22,26,27)/t13-,16?,20?/m1/s1. The summed E-state index contributed by atoms with van der Waals surface area (Å²) < 4.78 is 0. The van der Waals surface area contributed by atoms with Gasteiger partial charge >= 0.3 is 0 Å². The summed E-state index contributed by atoms with van der Waals surface area (Å²) in [5.41, 5.74) is 2.97. The largest absolute Gasteiger partial charge is 0.356 e. The number of carbonyl (C=O) groups excluding carboxylic acids is 2. The van der Waals surface area contributed by atoms with Gasteiger partial charge in [0.25, 0.3) is 0 Å². The van der Waals surface area contributed by atoms with E-state index in [0.717, 1.165) is 44.0 Å². The molecule has 3 aliphatic heterocycles. The lowest BCUT2D eigenvalue weighted by Crippen LogP contribution is -2.56. The van der Waals surface area contributed by atoms with Gasteiger partial charge in [-0.05, 0) is 37.5 Å². The first-order valence-corrected chi connectivity index (χ1v) is 10.1. The Bertz CT molecular complexity index is 770. The molecule has 0 spiro atoms. The fraction of sp³-hybridized carbons (Fsp3) is 0.600.